The van der Waals surface area contributed by atoms with Gasteiger partial charge in [0.15, 0.2) is 0 Å². The quantitative estimate of drug-likeness (QED) is 0.876. The van der Waals surface area contributed by atoms with E-state index in [4.69, 9.17) is 0 Å². The van der Waals surface area contributed by atoms with Crippen molar-refractivity contribution in [2.24, 2.45) is 0 Å². The molecule has 2 aromatic rings. The summed E-state index contributed by atoms with van der Waals surface area (Å²) in [4.78, 5) is 6.19. The van der Waals surface area contributed by atoms with Crippen molar-refractivity contribution >= 4 is 10.9 Å². The second-order valence-corrected chi connectivity index (χ2v) is 6.24. The van der Waals surface area contributed by atoms with E-state index in [1.807, 2.05) is 12.1 Å². The van der Waals surface area contributed by atoms with E-state index in [1.165, 1.54) is 49.0 Å². The van der Waals surface area contributed by atoms with Crippen molar-refractivity contribution in [3.8, 4) is 5.75 Å². The maximum absolute atomic E-state index is 9.77. The van der Waals surface area contributed by atoms with Gasteiger partial charge in [-0.15, -0.1) is 0 Å². The summed E-state index contributed by atoms with van der Waals surface area (Å²) in [5, 5.41) is 11.0. The van der Waals surface area contributed by atoms with E-state index in [2.05, 4.69) is 23.7 Å². The van der Waals surface area contributed by atoms with E-state index in [0.29, 0.717) is 11.8 Å². The Morgan fingerprint density at radius 3 is 2.71 bits per heavy atom. The molecule has 1 atom stereocenters. The van der Waals surface area contributed by atoms with E-state index in [9.17, 15) is 5.11 Å². The number of phenolic OH excluding ortho intramolecular Hbond substituents is 1. The lowest BCUT2D eigenvalue weighted by atomic mass is 9.90. The van der Waals surface area contributed by atoms with Crippen LogP contribution in [0, 0.1) is 0 Å². The molecule has 2 N–H and O–H groups in total. The van der Waals surface area contributed by atoms with E-state index >= 15 is 0 Å². The molecule has 3 rings (SSSR count). The molecule has 0 bridgehead atoms. The Labute approximate surface area is 127 Å². The summed E-state index contributed by atoms with van der Waals surface area (Å²) in [5.74, 6) is 0.366. The zero-order valence-corrected chi connectivity index (χ0v) is 13.2. The lowest BCUT2D eigenvalue weighted by Crippen LogP contribution is -2.40. The number of nitrogens with one attached hydrogen (secondary N) is 1. The van der Waals surface area contributed by atoms with Gasteiger partial charge in [0.1, 0.15) is 5.75 Å². The van der Waals surface area contributed by atoms with Gasteiger partial charge >= 0.3 is 0 Å². The number of hydrogen-bond donors (Lipinski definition) is 2. The molecule has 3 heteroatoms. The zero-order chi connectivity index (χ0) is 14.8. The number of phenols is 1. The first-order chi connectivity index (χ1) is 10.2. The predicted octanol–water partition coefficient (Wildman–Crippen LogP) is 3.85. The summed E-state index contributed by atoms with van der Waals surface area (Å²) in [7, 11) is 0. The first-order valence-corrected chi connectivity index (χ1v) is 8.29. The third-order valence-electron chi connectivity index (χ3n) is 4.68. The Morgan fingerprint density at radius 1 is 1.24 bits per heavy atom. The normalized spacial score (nSPS) is 18.3. The van der Waals surface area contributed by atoms with Crippen LogP contribution in [0.4, 0.5) is 0 Å². The van der Waals surface area contributed by atoms with Gasteiger partial charge in [0, 0.05) is 22.6 Å². The molecule has 3 nitrogen and oxygen atoms in total. The molecule has 0 spiro atoms. The second kappa shape index (κ2) is 6.10. The van der Waals surface area contributed by atoms with Crippen LogP contribution >= 0.6 is 0 Å². The SMILES string of the molecule is CCCN(CCC)C1CCc2[nH]c3ccc(O)cc3c2C1. The molecule has 1 aliphatic carbocycles. The third kappa shape index (κ3) is 2.80. The van der Waals surface area contributed by atoms with Crippen LogP contribution in [0.2, 0.25) is 0 Å². The Morgan fingerprint density at radius 2 is 2.00 bits per heavy atom. The molecular weight excluding hydrogens is 260 g/mol. The van der Waals surface area contributed by atoms with Gasteiger partial charge in [0.25, 0.3) is 0 Å². The number of aryl methyl sites for hydroxylation is 1. The van der Waals surface area contributed by atoms with Gasteiger partial charge in [-0.2, -0.15) is 0 Å². The molecule has 0 saturated carbocycles. The first-order valence-electron chi connectivity index (χ1n) is 8.29. The van der Waals surface area contributed by atoms with Crippen molar-refractivity contribution in [3.05, 3.63) is 29.5 Å². The lowest BCUT2D eigenvalue weighted by Gasteiger charge is -2.34. The molecule has 21 heavy (non-hydrogen) atoms. The minimum atomic E-state index is 0.366. The molecule has 1 aromatic carbocycles. The molecule has 1 heterocycles. The Bertz CT molecular complexity index is 611. The van der Waals surface area contributed by atoms with Crippen LogP contribution in [0.3, 0.4) is 0 Å². The zero-order valence-electron chi connectivity index (χ0n) is 13.2. The number of aromatic nitrogens is 1. The molecule has 1 aliphatic rings. The van der Waals surface area contributed by atoms with Crippen molar-refractivity contribution in [1.82, 2.24) is 9.88 Å². The highest BCUT2D eigenvalue weighted by Crippen LogP contribution is 2.32. The fourth-order valence-electron chi connectivity index (χ4n) is 3.75. The van der Waals surface area contributed by atoms with Gasteiger partial charge in [0.05, 0.1) is 0 Å². The molecule has 0 amide bonds. The van der Waals surface area contributed by atoms with Crippen LogP contribution in [0.5, 0.6) is 5.75 Å². The number of rotatable bonds is 5. The summed E-state index contributed by atoms with van der Waals surface area (Å²) in [5.41, 5.74) is 3.96. The number of nitrogens with zero attached hydrogens (tertiary/aromatic N) is 1. The van der Waals surface area contributed by atoms with Crippen LogP contribution in [-0.2, 0) is 12.8 Å². The van der Waals surface area contributed by atoms with Gasteiger partial charge in [-0.1, -0.05) is 13.8 Å². The number of hydrogen-bond acceptors (Lipinski definition) is 2. The van der Waals surface area contributed by atoms with Crippen molar-refractivity contribution in [2.45, 2.75) is 52.0 Å². The summed E-state index contributed by atoms with van der Waals surface area (Å²) in [6.45, 7) is 6.92. The average molecular weight is 286 g/mol. The van der Waals surface area contributed by atoms with Crippen LogP contribution in [0.15, 0.2) is 18.2 Å². The fourth-order valence-corrected chi connectivity index (χ4v) is 3.75. The Kier molecular flexibility index (Phi) is 4.20. The van der Waals surface area contributed by atoms with Crippen molar-refractivity contribution in [2.75, 3.05) is 13.1 Å². The number of benzene rings is 1. The minimum absolute atomic E-state index is 0.366. The molecule has 1 unspecified atom stereocenters. The number of aromatic hydroxyl groups is 1. The summed E-state index contributed by atoms with van der Waals surface area (Å²) in [6.07, 6.45) is 5.92. The van der Waals surface area contributed by atoms with Crippen molar-refractivity contribution in [1.29, 1.82) is 0 Å². The van der Waals surface area contributed by atoms with Crippen molar-refractivity contribution in [3.63, 3.8) is 0 Å². The first kappa shape index (κ1) is 14.5. The van der Waals surface area contributed by atoms with Crippen LogP contribution in [0.25, 0.3) is 10.9 Å². The van der Waals surface area contributed by atoms with E-state index < -0.39 is 0 Å². The summed E-state index contributed by atoms with van der Waals surface area (Å²) in [6, 6.07) is 6.33. The molecule has 0 aliphatic heterocycles. The second-order valence-electron chi connectivity index (χ2n) is 6.24. The molecular formula is C18H26N2O. The highest BCUT2D eigenvalue weighted by Gasteiger charge is 2.26. The van der Waals surface area contributed by atoms with Crippen LogP contribution in [-0.4, -0.2) is 34.1 Å². The van der Waals surface area contributed by atoms with Gasteiger partial charge in [0.2, 0.25) is 0 Å². The average Bonchev–Trinajstić information content (AvgIpc) is 2.84. The maximum atomic E-state index is 9.77. The number of aromatic amines is 1. The highest BCUT2D eigenvalue weighted by molar-refractivity contribution is 5.86. The fraction of sp³-hybridized carbons (Fsp3) is 0.556. The Balaban J connectivity index is 1.89. The number of H-pyrrole nitrogens is 1. The van der Waals surface area contributed by atoms with E-state index in [-0.39, 0.29) is 0 Å². The summed E-state index contributed by atoms with van der Waals surface area (Å²) >= 11 is 0. The molecule has 0 fully saturated rings. The van der Waals surface area contributed by atoms with Gasteiger partial charge in [-0.3, -0.25) is 0 Å². The van der Waals surface area contributed by atoms with Crippen LogP contribution in [0.1, 0.15) is 44.4 Å². The predicted molar refractivity (Wildman–Crippen MR) is 87.9 cm³/mol. The van der Waals surface area contributed by atoms with Crippen LogP contribution < -0.4 is 0 Å². The van der Waals surface area contributed by atoms with E-state index in [1.54, 1.807) is 6.07 Å². The standard InChI is InChI=1S/C18H26N2O/c1-3-9-20(10-4-2)13-5-7-17-15(11-13)16-12-14(21)6-8-18(16)19-17/h6,8,12-13,19,21H,3-5,7,9-11H2,1-2H3. The lowest BCUT2D eigenvalue weighted by molar-refractivity contribution is 0.180. The third-order valence-corrected chi connectivity index (χ3v) is 4.68. The maximum Gasteiger partial charge on any atom is 0.116 e. The highest BCUT2D eigenvalue weighted by atomic mass is 16.3. The topological polar surface area (TPSA) is 39.3 Å². The number of fused-ring (bicyclic) bond motifs is 3. The smallest absolute Gasteiger partial charge is 0.116 e. The molecule has 1 aromatic heterocycles. The van der Waals surface area contributed by atoms with Gasteiger partial charge < -0.3 is 15.0 Å². The summed E-state index contributed by atoms with van der Waals surface area (Å²) < 4.78 is 0. The van der Waals surface area contributed by atoms with E-state index in [0.717, 1.165) is 18.4 Å². The Hall–Kier alpha value is -1.48. The largest absolute Gasteiger partial charge is 0.508 e. The van der Waals surface area contributed by atoms with Crippen molar-refractivity contribution < 1.29 is 5.11 Å². The van der Waals surface area contributed by atoms with Gasteiger partial charge in [-0.05, 0) is 69.0 Å². The van der Waals surface area contributed by atoms with Gasteiger partial charge in [-0.25, -0.2) is 0 Å². The minimum Gasteiger partial charge on any atom is -0.508 e. The monoisotopic (exact) mass is 286 g/mol. The molecule has 0 radical (unpaired) electrons. The molecule has 0 saturated heterocycles. The molecule has 114 valence electrons.